The minimum absolute atomic E-state index is 0.0441. The predicted molar refractivity (Wildman–Crippen MR) is 58.0 cm³/mol. The van der Waals surface area contributed by atoms with E-state index in [0.717, 1.165) is 24.0 Å². The van der Waals surface area contributed by atoms with Crippen molar-refractivity contribution in [2.45, 2.75) is 6.42 Å². The van der Waals surface area contributed by atoms with Crippen LogP contribution in [0.2, 0.25) is 0 Å². The van der Waals surface area contributed by atoms with Gasteiger partial charge in [-0.1, -0.05) is 0 Å². The summed E-state index contributed by atoms with van der Waals surface area (Å²) in [4.78, 5) is 4.11. The summed E-state index contributed by atoms with van der Waals surface area (Å²) >= 11 is 3.39. The van der Waals surface area contributed by atoms with Gasteiger partial charge in [0.2, 0.25) is 0 Å². The molecule has 0 radical (unpaired) electrons. The average molecular weight is 257 g/mol. The summed E-state index contributed by atoms with van der Waals surface area (Å²) in [6.45, 7) is 2.04. The lowest BCUT2D eigenvalue weighted by molar-refractivity contribution is 0.0686. The highest BCUT2D eigenvalue weighted by Gasteiger charge is 2.36. The molecule has 1 fully saturated rings. The first kappa shape index (κ1) is 10.1. The van der Waals surface area contributed by atoms with Gasteiger partial charge in [0, 0.05) is 35.4 Å². The molecular weight excluding hydrogens is 244 g/mol. The third-order valence-corrected chi connectivity index (χ3v) is 3.11. The topological polar surface area (TPSA) is 45.2 Å². The maximum absolute atomic E-state index is 9.30. The van der Waals surface area contributed by atoms with Gasteiger partial charge in [0.25, 0.3) is 0 Å². The number of hydrogen-bond acceptors (Lipinski definition) is 3. The Morgan fingerprint density at radius 3 is 2.79 bits per heavy atom. The predicted octanol–water partition coefficient (Wildman–Crippen LogP) is 0.968. The molecule has 0 atom stereocenters. The van der Waals surface area contributed by atoms with E-state index in [1.165, 1.54) is 5.56 Å². The Morgan fingerprint density at radius 1 is 1.50 bits per heavy atom. The zero-order chi connectivity index (χ0) is 10.0. The molecule has 76 valence electrons. The second-order valence-corrected chi connectivity index (χ2v) is 4.87. The monoisotopic (exact) mass is 256 g/mol. The summed E-state index contributed by atoms with van der Waals surface area (Å²) in [6, 6.07) is 2.06. The van der Waals surface area contributed by atoms with Crippen molar-refractivity contribution in [3.63, 3.8) is 0 Å². The fourth-order valence-corrected chi connectivity index (χ4v) is 2.17. The molecule has 0 unspecified atom stereocenters. The first-order chi connectivity index (χ1) is 6.74. The lowest BCUT2D eigenvalue weighted by atomic mass is 9.77. The number of aliphatic hydroxyl groups excluding tert-OH is 1. The summed E-state index contributed by atoms with van der Waals surface area (Å²) in [7, 11) is 0. The van der Waals surface area contributed by atoms with Gasteiger partial charge in [0.1, 0.15) is 0 Å². The lowest BCUT2D eigenvalue weighted by Crippen LogP contribution is -2.56. The number of hydrogen-bond donors (Lipinski definition) is 2. The Hall–Kier alpha value is -0.450. The molecule has 4 heteroatoms. The van der Waals surface area contributed by atoms with Crippen LogP contribution in [0.3, 0.4) is 0 Å². The van der Waals surface area contributed by atoms with Crippen LogP contribution in [-0.2, 0) is 6.42 Å². The number of rotatable bonds is 3. The van der Waals surface area contributed by atoms with Gasteiger partial charge in [-0.3, -0.25) is 4.98 Å². The van der Waals surface area contributed by atoms with Gasteiger partial charge in [0.15, 0.2) is 0 Å². The molecule has 1 aromatic heterocycles. The highest BCUT2D eigenvalue weighted by Crippen LogP contribution is 2.27. The SMILES string of the molecule is OCC1(Cc2cncc(Br)c2)CNC1. The molecule has 1 aliphatic rings. The highest BCUT2D eigenvalue weighted by molar-refractivity contribution is 9.10. The molecule has 0 spiro atoms. The molecular formula is C10H13BrN2O. The molecule has 2 rings (SSSR count). The number of halogens is 1. The molecule has 2 heterocycles. The van der Waals surface area contributed by atoms with Gasteiger partial charge in [-0.15, -0.1) is 0 Å². The lowest BCUT2D eigenvalue weighted by Gasteiger charge is -2.41. The van der Waals surface area contributed by atoms with E-state index in [4.69, 9.17) is 0 Å². The number of nitrogens with one attached hydrogen (secondary N) is 1. The maximum Gasteiger partial charge on any atom is 0.0515 e. The van der Waals surface area contributed by atoms with Crippen LogP contribution >= 0.6 is 15.9 Å². The summed E-state index contributed by atoms with van der Waals surface area (Å²) in [6.07, 6.45) is 4.53. The van der Waals surface area contributed by atoms with E-state index < -0.39 is 0 Å². The number of nitrogens with zero attached hydrogens (tertiary/aromatic N) is 1. The van der Waals surface area contributed by atoms with Crippen LogP contribution in [0.1, 0.15) is 5.56 Å². The first-order valence-corrected chi connectivity index (χ1v) is 5.44. The van der Waals surface area contributed by atoms with Crippen molar-refractivity contribution in [1.29, 1.82) is 0 Å². The van der Waals surface area contributed by atoms with Gasteiger partial charge in [-0.2, -0.15) is 0 Å². The largest absolute Gasteiger partial charge is 0.396 e. The van der Waals surface area contributed by atoms with Crippen LogP contribution in [0.15, 0.2) is 22.9 Å². The zero-order valence-corrected chi connectivity index (χ0v) is 9.42. The molecule has 1 aromatic rings. The van der Waals surface area contributed by atoms with E-state index in [9.17, 15) is 5.11 Å². The molecule has 3 nitrogen and oxygen atoms in total. The van der Waals surface area contributed by atoms with Crippen LogP contribution < -0.4 is 5.32 Å². The van der Waals surface area contributed by atoms with Crippen LogP contribution in [-0.4, -0.2) is 29.8 Å². The van der Waals surface area contributed by atoms with Gasteiger partial charge in [-0.25, -0.2) is 0 Å². The fraction of sp³-hybridized carbons (Fsp3) is 0.500. The van der Waals surface area contributed by atoms with Crippen molar-refractivity contribution >= 4 is 15.9 Å². The van der Waals surface area contributed by atoms with Gasteiger partial charge < -0.3 is 10.4 Å². The molecule has 14 heavy (non-hydrogen) atoms. The summed E-state index contributed by atoms with van der Waals surface area (Å²) < 4.78 is 0.996. The normalized spacial score (nSPS) is 19.0. The van der Waals surface area contributed by atoms with E-state index in [2.05, 4.69) is 32.3 Å². The molecule has 0 amide bonds. The second kappa shape index (κ2) is 3.96. The Morgan fingerprint density at radius 2 is 2.29 bits per heavy atom. The van der Waals surface area contributed by atoms with E-state index >= 15 is 0 Å². The number of aromatic nitrogens is 1. The van der Waals surface area contributed by atoms with E-state index in [1.807, 2.05) is 6.20 Å². The molecule has 2 N–H and O–H groups in total. The second-order valence-electron chi connectivity index (χ2n) is 3.95. The van der Waals surface area contributed by atoms with Crippen molar-refractivity contribution in [3.05, 3.63) is 28.5 Å². The van der Waals surface area contributed by atoms with Gasteiger partial charge in [-0.05, 0) is 34.0 Å². The van der Waals surface area contributed by atoms with Crippen LogP contribution in [0, 0.1) is 5.41 Å². The van der Waals surface area contributed by atoms with E-state index in [1.54, 1.807) is 6.20 Å². The highest BCUT2D eigenvalue weighted by atomic mass is 79.9. The Balaban J connectivity index is 2.09. The van der Waals surface area contributed by atoms with Gasteiger partial charge >= 0.3 is 0 Å². The van der Waals surface area contributed by atoms with Gasteiger partial charge in [0.05, 0.1) is 6.61 Å². The standard InChI is InChI=1S/C10H13BrN2O/c11-9-1-8(3-12-4-9)2-10(7-14)5-13-6-10/h1,3-4,13-14H,2,5-7H2. The third kappa shape index (κ3) is 1.97. The van der Waals surface area contributed by atoms with E-state index in [-0.39, 0.29) is 12.0 Å². The fourth-order valence-electron chi connectivity index (χ4n) is 1.76. The Labute approximate surface area is 91.7 Å². The summed E-state index contributed by atoms with van der Waals surface area (Å²) in [5, 5.41) is 12.5. The number of aliphatic hydroxyl groups is 1. The van der Waals surface area contributed by atoms with Crippen LogP contribution in [0.5, 0.6) is 0 Å². The summed E-state index contributed by atoms with van der Waals surface area (Å²) in [5.41, 5.74) is 1.22. The summed E-state index contributed by atoms with van der Waals surface area (Å²) in [5.74, 6) is 0. The van der Waals surface area contributed by atoms with Crippen LogP contribution in [0.4, 0.5) is 0 Å². The quantitative estimate of drug-likeness (QED) is 0.848. The minimum atomic E-state index is 0.0441. The van der Waals surface area contributed by atoms with Crippen LogP contribution in [0.25, 0.3) is 0 Å². The van der Waals surface area contributed by atoms with Crippen molar-refractivity contribution < 1.29 is 5.11 Å². The smallest absolute Gasteiger partial charge is 0.0515 e. The van der Waals surface area contributed by atoms with E-state index in [0.29, 0.717) is 0 Å². The number of pyridine rings is 1. The molecule has 0 aromatic carbocycles. The van der Waals surface area contributed by atoms with Crippen molar-refractivity contribution in [1.82, 2.24) is 10.3 Å². The van der Waals surface area contributed by atoms with Crippen molar-refractivity contribution in [2.75, 3.05) is 19.7 Å². The van der Waals surface area contributed by atoms with Crippen molar-refractivity contribution in [3.8, 4) is 0 Å². The average Bonchev–Trinajstić information content (AvgIpc) is 2.11. The maximum atomic E-state index is 9.30. The third-order valence-electron chi connectivity index (χ3n) is 2.68. The molecule has 0 saturated carbocycles. The minimum Gasteiger partial charge on any atom is -0.396 e. The zero-order valence-electron chi connectivity index (χ0n) is 7.83. The Bertz CT molecular complexity index is 320. The first-order valence-electron chi connectivity index (χ1n) is 4.65. The molecule has 1 aliphatic heterocycles. The van der Waals surface area contributed by atoms with Crippen molar-refractivity contribution in [2.24, 2.45) is 5.41 Å². The molecule has 0 bridgehead atoms. The molecule has 1 saturated heterocycles. The molecule has 0 aliphatic carbocycles. The Kier molecular flexibility index (Phi) is 2.85.